The normalized spacial score (nSPS) is 24.7. The van der Waals surface area contributed by atoms with Crippen molar-refractivity contribution in [3.63, 3.8) is 0 Å². The third-order valence-corrected chi connectivity index (χ3v) is 2.50. The largest absolute Gasteiger partial charge is 0.463 e. The van der Waals surface area contributed by atoms with Crippen LogP contribution >= 0.6 is 0 Å². The molecule has 0 aromatic rings. The summed E-state index contributed by atoms with van der Waals surface area (Å²) >= 11 is 0. The maximum Gasteiger partial charge on any atom is 0.330 e. The van der Waals surface area contributed by atoms with E-state index >= 15 is 0 Å². The molecule has 1 aliphatic rings. The van der Waals surface area contributed by atoms with E-state index in [0.717, 1.165) is 6.42 Å². The van der Waals surface area contributed by atoms with Gasteiger partial charge in [-0.3, -0.25) is 0 Å². The highest BCUT2D eigenvalue weighted by Gasteiger charge is 2.43. The van der Waals surface area contributed by atoms with Gasteiger partial charge in [-0.1, -0.05) is 26.8 Å². The van der Waals surface area contributed by atoms with Gasteiger partial charge in [0.1, 0.15) is 0 Å². The van der Waals surface area contributed by atoms with Crippen molar-refractivity contribution in [2.45, 2.75) is 33.6 Å². The minimum absolute atomic E-state index is 0.204. The van der Waals surface area contributed by atoms with Crippen molar-refractivity contribution in [3.8, 4) is 0 Å². The first-order valence-corrected chi connectivity index (χ1v) is 4.91. The van der Waals surface area contributed by atoms with E-state index in [1.54, 1.807) is 6.08 Å². The number of allylic oxidation sites excluding steroid dienone is 1. The molecule has 1 rings (SSSR count). The van der Waals surface area contributed by atoms with E-state index in [1.165, 1.54) is 6.42 Å². The van der Waals surface area contributed by atoms with Gasteiger partial charge in [0, 0.05) is 6.08 Å². The van der Waals surface area contributed by atoms with Crippen LogP contribution in [0.25, 0.3) is 0 Å². The molecular formula is C11H18O2. The maximum atomic E-state index is 11.0. The summed E-state index contributed by atoms with van der Waals surface area (Å²) in [7, 11) is 0. The highest BCUT2D eigenvalue weighted by atomic mass is 16.5. The summed E-state index contributed by atoms with van der Waals surface area (Å²) in [5.74, 6) is 0.367. The molecule has 0 radical (unpaired) electrons. The molecule has 0 heterocycles. The Bertz CT molecular complexity index is 216. The molecule has 0 amide bonds. The van der Waals surface area contributed by atoms with E-state index in [0.29, 0.717) is 17.9 Å². The third-order valence-electron chi connectivity index (χ3n) is 2.50. The van der Waals surface area contributed by atoms with E-state index in [1.807, 2.05) is 13.0 Å². The summed E-state index contributed by atoms with van der Waals surface area (Å²) in [5, 5.41) is 0. The molecule has 1 saturated carbocycles. The summed E-state index contributed by atoms with van der Waals surface area (Å²) < 4.78 is 4.91. The Morgan fingerprint density at radius 1 is 1.62 bits per heavy atom. The van der Waals surface area contributed by atoms with Crippen molar-refractivity contribution in [1.29, 1.82) is 0 Å². The monoisotopic (exact) mass is 182 g/mol. The summed E-state index contributed by atoms with van der Waals surface area (Å²) in [6, 6.07) is 0. The van der Waals surface area contributed by atoms with E-state index in [-0.39, 0.29) is 5.97 Å². The molecule has 0 spiro atoms. The summed E-state index contributed by atoms with van der Waals surface area (Å²) in [4.78, 5) is 11.0. The van der Waals surface area contributed by atoms with Crippen molar-refractivity contribution >= 4 is 5.97 Å². The molecule has 0 aromatic carbocycles. The molecule has 2 heteroatoms. The van der Waals surface area contributed by atoms with Crippen LogP contribution in [0.4, 0.5) is 0 Å². The van der Waals surface area contributed by atoms with Crippen molar-refractivity contribution in [3.05, 3.63) is 12.2 Å². The smallest absolute Gasteiger partial charge is 0.330 e. The number of carbonyl (C=O) groups excluding carboxylic acids is 1. The Morgan fingerprint density at radius 2 is 2.23 bits per heavy atom. The Hall–Kier alpha value is -0.790. The van der Waals surface area contributed by atoms with Crippen LogP contribution in [0, 0.1) is 11.3 Å². The van der Waals surface area contributed by atoms with Crippen molar-refractivity contribution in [2.24, 2.45) is 11.3 Å². The lowest BCUT2D eigenvalue weighted by atomic mass is 10.1. The van der Waals surface area contributed by atoms with E-state index < -0.39 is 0 Å². The number of ether oxygens (including phenoxy) is 1. The first kappa shape index (κ1) is 10.3. The molecule has 1 fully saturated rings. The van der Waals surface area contributed by atoms with Crippen LogP contribution in [0.2, 0.25) is 0 Å². The van der Waals surface area contributed by atoms with E-state index in [9.17, 15) is 4.79 Å². The molecule has 1 aliphatic carbocycles. The fourth-order valence-corrected chi connectivity index (χ4v) is 1.28. The zero-order chi connectivity index (χ0) is 9.90. The first-order chi connectivity index (χ1) is 6.06. The van der Waals surface area contributed by atoms with Crippen molar-refractivity contribution < 1.29 is 9.53 Å². The summed E-state index contributed by atoms with van der Waals surface area (Å²) in [6.45, 7) is 6.93. The molecule has 0 N–H and O–H groups in total. The molecule has 0 saturated heterocycles. The zero-order valence-corrected chi connectivity index (χ0v) is 8.67. The Balaban J connectivity index is 2.21. The van der Waals surface area contributed by atoms with E-state index in [4.69, 9.17) is 4.74 Å². The van der Waals surface area contributed by atoms with Gasteiger partial charge in [0.25, 0.3) is 0 Å². The lowest BCUT2D eigenvalue weighted by Crippen LogP contribution is -2.01. The first-order valence-electron chi connectivity index (χ1n) is 4.91. The standard InChI is InChI=1S/C11H18O2/c1-4-7-13-10(12)6-5-9-8-11(9,2)3/h5-6,9H,4,7-8H2,1-3H3/b6-5-. The van der Waals surface area contributed by atoms with Crippen molar-refractivity contribution in [2.75, 3.05) is 6.61 Å². The van der Waals surface area contributed by atoms with Crippen LogP contribution in [0.15, 0.2) is 12.2 Å². The van der Waals surface area contributed by atoms with Gasteiger partial charge in [-0.15, -0.1) is 0 Å². The Kier molecular flexibility index (Phi) is 3.12. The quantitative estimate of drug-likeness (QED) is 0.493. The number of hydrogen-bond donors (Lipinski definition) is 0. The van der Waals surface area contributed by atoms with Gasteiger partial charge in [0.15, 0.2) is 0 Å². The molecule has 0 aromatic heterocycles. The number of esters is 1. The second-order valence-corrected chi connectivity index (χ2v) is 4.33. The Morgan fingerprint density at radius 3 is 2.69 bits per heavy atom. The van der Waals surface area contributed by atoms with Crippen LogP contribution in [-0.2, 0) is 9.53 Å². The summed E-state index contributed by atoms with van der Waals surface area (Å²) in [5.41, 5.74) is 0.404. The maximum absolute atomic E-state index is 11.0. The van der Waals surface area contributed by atoms with Gasteiger partial charge in [0.05, 0.1) is 6.61 Å². The number of rotatable bonds is 4. The minimum Gasteiger partial charge on any atom is -0.463 e. The molecule has 13 heavy (non-hydrogen) atoms. The zero-order valence-electron chi connectivity index (χ0n) is 8.67. The molecule has 1 atom stereocenters. The van der Waals surface area contributed by atoms with Crippen LogP contribution in [0.5, 0.6) is 0 Å². The van der Waals surface area contributed by atoms with Crippen LogP contribution < -0.4 is 0 Å². The highest BCUT2D eigenvalue weighted by molar-refractivity contribution is 5.82. The highest BCUT2D eigenvalue weighted by Crippen LogP contribution is 2.52. The minimum atomic E-state index is -0.204. The number of carbonyl (C=O) groups is 1. The molecule has 2 nitrogen and oxygen atoms in total. The second kappa shape index (κ2) is 3.95. The van der Waals surface area contributed by atoms with Gasteiger partial charge in [0.2, 0.25) is 0 Å². The van der Waals surface area contributed by atoms with Crippen LogP contribution in [0.1, 0.15) is 33.6 Å². The third kappa shape index (κ3) is 3.21. The average molecular weight is 182 g/mol. The molecule has 74 valence electrons. The van der Waals surface area contributed by atoms with Gasteiger partial charge >= 0.3 is 5.97 Å². The van der Waals surface area contributed by atoms with Crippen LogP contribution in [-0.4, -0.2) is 12.6 Å². The van der Waals surface area contributed by atoms with Gasteiger partial charge in [-0.25, -0.2) is 4.79 Å². The summed E-state index contributed by atoms with van der Waals surface area (Å²) in [6.07, 6.45) is 5.60. The fourth-order valence-electron chi connectivity index (χ4n) is 1.28. The fraction of sp³-hybridized carbons (Fsp3) is 0.727. The van der Waals surface area contributed by atoms with Gasteiger partial charge < -0.3 is 4.74 Å². The second-order valence-electron chi connectivity index (χ2n) is 4.33. The Labute approximate surface area is 80.0 Å². The lowest BCUT2D eigenvalue weighted by molar-refractivity contribution is -0.137. The molecule has 0 aliphatic heterocycles. The predicted octanol–water partition coefficient (Wildman–Crippen LogP) is 2.54. The van der Waals surface area contributed by atoms with Crippen molar-refractivity contribution in [1.82, 2.24) is 0 Å². The predicted molar refractivity (Wildman–Crippen MR) is 52.3 cm³/mol. The topological polar surface area (TPSA) is 26.3 Å². The molecular weight excluding hydrogens is 164 g/mol. The van der Waals surface area contributed by atoms with Gasteiger partial charge in [-0.05, 0) is 24.2 Å². The lowest BCUT2D eigenvalue weighted by Gasteiger charge is -1.98. The average Bonchev–Trinajstić information content (AvgIpc) is 2.67. The SMILES string of the molecule is CCCOC(=O)/C=C\C1CC1(C)C. The molecule has 1 unspecified atom stereocenters. The molecule has 0 bridgehead atoms. The van der Waals surface area contributed by atoms with Gasteiger partial charge in [-0.2, -0.15) is 0 Å². The van der Waals surface area contributed by atoms with E-state index in [2.05, 4.69) is 13.8 Å². The number of hydrogen-bond acceptors (Lipinski definition) is 2. The van der Waals surface area contributed by atoms with Crippen LogP contribution in [0.3, 0.4) is 0 Å².